The second-order valence-electron chi connectivity index (χ2n) is 10.1. The predicted molar refractivity (Wildman–Crippen MR) is 161 cm³/mol. The average molecular weight is 622 g/mol. The molecule has 1 N–H and O–H groups in total. The van der Waals surface area contributed by atoms with Crippen molar-refractivity contribution in [1.82, 2.24) is 10.2 Å². The number of nitrogens with one attached hydrogen (secondary N) is 1. The molecule has 0 bridgehead atoms. The van der Waals surface area contributed by atoms with E-state index in [0.29, 0.717) is 49.6 Å². The number of nitro benzene ring substituents is 1. The first-order valence-corrected chi connectivity index (χ1v) is 14.7. The Morgan fingerprint density at radius 2 is 1.44 bits per heavy atom. The number of carbonyl (C=O) groups excluding carboxylic acids is 3. The van der Waals surface area contributed by atoms with Gasteiger partial charge in [-0.15, -0.1) is 0 Å². The molecule has 0 aromatic heterocycles. The number of piperidine rings is 1. The Morgan fingerprint density at radius 3 is 2.18 bits per heavy atom. The highest BCUT2D eigenvalue weighted by Crippen LogP contribution is 2.25. The number of rotatable bonds is 13. The van der Waals surface area contributed by atoms with Crippen LogP contribution >= 0.6 is 0 Å². The van der Waals surface area contributed by atoms with Crippen molar-refractivity contribution >= 4 is 24.0 Å². The van der Waals surface area contributed by atoms with Crippen LogP contribution in [0.4, 0.5) is 20.1 Å². The lowest BCUT2D eigenvalue weighted by atomic mass is 10.1. The third-order valence-electron chi connectivity index (χ3n) is 6.74. The number of hydrogen-bond donors (Lipinski definition) is 1. The van der Waals surface area contributed by atoms with Gasteiger partial charge in [0.15, 0.2) is 6.23 Å². The number of likely N-dealkylation sites (tertiary alicyclic amines) is 1. The minimum absolute atomic E-state index is 0.108. The molecule has 1 saturated heterocycles. The van der Waals surface area contributed by atoms with Crippen LogP contribution in [0.15, 0.2) is 78.9 Å². The Hall–Kier alpha value is -5.33. The Bertz CT molecular complexity index is 1400. The second kappa shape index (κ2) is 17.1. The van der Waals surface area contributed by atoms with Crippen molar-refractivity contribution in [2.24, 2.45) is 0 Å². The van der Waals surface area contributed by atoms with Gasteiger partial charge in [0.1, 0.15) is 23.0 Å². The summed E-state index contributed by atoms with van der Waals surface area (Å²) in [7, 11) is 0. The lowest BCUT2D eigenvalue weighted by Gasteiger charge is -2.33. The van der Waals surface area contributed by atoms with Crippen molar-refractivity contribution in [1.29, 1.82) is 0 Å². The van der Waals surface area contributed by atoms with Gasteiger partial charge in [-0.1, -0.05) is 24.6 Å². The van der Waals surface area contributed by atoms with E-state index in [0.717, 1.165) is 25.7 Å². The SMILES string of the molecule is O=C(NCCCCCCOC(=O)Oc1ccc([N+](=O)[O-])cc1)OC1CCCCN1C(=O)Oc1ccc(Oc2ccccc2)cc1. The first-order chi connectivity index (χ1) is 21.9. The predicted octanol–water partition coefficient (Wildman–Crippen LogP) is 7.20. The van der Waals surface area contributed by atoms with Crippen molar-refractivity contribution in [2.45, 2.75) is 51.2 Å². The molecule has 1 aliphatic heterocycles. The summed E-state index contributed by atoms with van der Waals surface area (Å²) in [5, 5.41) is 13.4. The average Bonchev–Trinajstić information content (AvgIpc) is 3.04. The van der Waals surface area contributed by atoms with E-state index >= 15 is 0 Å². The summed E-state index contributed by atoms with van der Waals surface area (Å²) in [4.78, 5) is 48.6. The van der Waals surface area contributed by atoms with Crippen molar-refractivity contribution in [3.63, 3.8) is 0 Å². The zero-order valence-electron chi connectivity index (χ0n) is 24.6. The lowest BCUT2D eigenvalue weighted by Crippen LogP contribution is -2.48. The molecule has 1 atom stereocenters. The molecule has 3 aromatic carbocycles. The van der Waals surface area contributed by atoms with Crippen LogP contribution in [0.1, 0.15) is 44.9 Å². The van der Waals surface area contributed by atoms with Crippen molar-refractivity contribution in [2.75, 3.05) is 19.7 Å². The molecule has 0 radical (unpaired) electrons. The van der Waals surface area contributed by atoms with E-state index in [9.17, 15) is 24.5 Å². The fourth-order valence-electron chi connectivity index (χ4n) is 4.45. The van der Waals surface area contributed by atoms with Gasteiger partial charge >= 0.3 is 18.3 Å². The summed E-state index contributed by atoms with van der Waals surface area (Å²) in [5.74, 6) is 1.80. The largest absolute Gasteiger partial charge is 0.513 e. The number of hydrogen-bond acceptors (Lipinski definition) is 10. The number of carbonyl (C=O) groups is 3. The number of nitrogens with zero attached hydrogens (tertiary/aromatic N) is 2. The third kappa shape index (κ3) is 11.0. The lowest BCUT2D eigenvalue weighted by molar-refractivity contribution is -0.384. The number of nitro groups is 1. The summed E-state index contributed by atoms with van der Waals surface area (Å²) in [6.45, 7) is 0.951. The third-order valence-corrected chi connectivity index (χ3v) is 6.74. The van der Waals surface area contributed by atoms with E-state index in [-0.39, 0.29) is 18.0 Å². The molecule has 45 heavy (non-hydrogen) atoms. The van der Waals surface area contributed by atoms with Crippen LogP contribution in [0.5, 0.6) is 23.0 Å². The van der Waals surface area contributed by atoms with Crippen molar-refractivity contribution in [3.05, 3.63) is 89.0 Å². The molecule has 13 heteroatoms. The number of alkyl carbamates (subject to hydrolysis) is 1. The van der Waals surface area contributed by atoms with Crippen LogP contribution < -0.4 is 19.5 Å². The number of para-hydroxylation sites is 1. The van der Waals surface area contributed by atoms with Crippen LogP contribution in [0.25, 0.3) is 0 Å². The summed E-state index contributed by atoms with van der Waals surface area (Å²) in [6.07, 6.45) is 2.10. The van der Waals surface area contributed by atoms with Gasteiger partial charge in [-0.3, -0.25) is 15.0 Å². The monoisotopic (exact) mass is 621 g/mol. The molecule has 1 aliphatic rings. The minimum atomic E-state index is -0.889. The van der Waals surface area contributed by atoms with Crippen molar-refractivity contribution < 1.29 is 43.0 Å². The molecule has 1 fully saturated rings. The number of amides is 2. The summed E-state index contributed by atoms with van der Waals surface area (Å²) >= 11 is 0. The smallest absolute Gasteiger partial charge is 0.457 e. The molecule has 4 rings (SSSR count). The Morgan fingerprint density at radius 1 is 0.800 bits per heavy atom. The van der Waals surface area contributed by atoms with E-state index in [2.05, 4.69) is 5.32 Å². The quantitative estimate of drug-likeness (QED) is 0.0681. The molecule has 0 spiro atoms. The summed E-state index contributed by atoms with van der Waals surface area (Å²) in [5.41, 5.74) is -0.108. The minimum Gasteiger partial charge on any atom is -0.457 e. The number of ether oxygens (including phenoxy) is 5. The molecular weight excluding hydrogens is 586 g/mol. The Kier molecular flexibility index (Phi) is 12.4. The Balaban J connectivity index is 1.08. The zero-order valence-corrected chi connectivity index (χ0v) is 24.6. The second-order valence-corrected chi connectivity index (χ2v) is 10.1. The van der Waals surface area contributed by atoms with E-state index in [1.807, 2.05) is 30.3 Å². The molecule has 1 unspecified atom stereocenters. The van der Waals surface area contributed by atoms with Crippen LogP contribution in [0, 0.1) is 10.1 Å². The number of non-ortho nitro benzene ring substituents is 1. The highest BCUT2D eigenvalue weighted by molar-refractivity contribution is 5.72. The molecule has 2 amide bonds. The van der Waals surface area contributed by atoms with E-state index in [4.69, 9.17) is 23.7 Å². The molecular formula is C32H35N3O10. The fourth-order valence-corrected chi connectivity index (χ4v) is 4.45. The van der Waals surface area contributed by atoms with Gasteiger partial charge in [0.05, 0.1) is 11.5 Å². The van der Waals surface area contributed by atoms with Crippen LogP contribution in [-0.2, 0) is 9.47 Å². The van der Waals surface area contributed by atoms with Gasteiger partial charge in [-0.25, -0.2) is 14.4 Å². The normalized spacial score (nSPS) is 14.1. The highest BCUT2D eigenvalue weighted by Gasteiger charge is 2.31. The summed E-state index contributed by atoms with van der Waals surface area (Å²) < 4.78 is 26.8. The van der Waals surface area contributed by atoms with E-state index in [1.165, 1.54) is 29.2 Å². The van der Waals surface area contributed by atoms with Gasteiger partial charge in [-0.2, -0.15) is 0 Å². The fraction of sp³-hybridized carbons (Fsp3) is 0.344. The van der Waals surface area contributed by atoms with Gasteiger partial charge in [0.25, 0.3) is 5.69 Å². The van der Waals surface area contributed by atoms with Crippen molar-refractivity contribution in [3.8, 4) is 23.0 Å². The maximum atomic E-state index is 12.9. The molecule has 3 aromatic rings. The van der Waals surface area contributed by atoms with Gasteiger partial charge in [-0.05, 0) is 80.6 Å². The molecule has 0 saturated carbocycles. The zero-order chi connectivity index (χ0) is 31.9. The Labute approximate surface area is 260 Å². The van der Waals surface area contributed by atoms with Crippen LogP contribution in [0.2, 0.25) is 0 Å². The molecule has 13 nitrogen and oxygen atoms in total. The maximum Gasteiger partial charge on any atom is 0.513 e. The van der Waals surface area contributed by atoms with E-state index in [1.54, 1.807) is 24.3 Å². The van der Waals surface area contributed by atoms with E-state index < -0.39 is 29.5 Å². The first kappa shape index (κ1) is 32.6. The standard InChI is InChI=1S/C32H35N3O10/c36-30(33-21-7-1-2-9-23-41-32(38)44-28-15-13-24(14-16-28)35(39)40)45-29-12-6-8-22-34(29)31(37)43-27-19-17-26(18-20-27)42-25-10-4-3-5-11-25/h3-5,10-11,13-20,29H,1-2,6-9,12,21-23H2,(H,33,36). The maximum absolute atomic E-state index is 12.9. The molecule has 0 aliphatic carbocycles. The number of unbranched alkanes of at least 4 members (excludes halogenated alkanes) is 3. The van der Waals surface area contributed by atoms with Gasteiger partial charge < -0.3 is 29.0 Å². The highest BCUT2D eigenvalue weighted by atomic mass is 16.7. The molecule has 1 heterocycles. The van der Waals surface area contributed by atoms with Crippen LogP contribution in [0.3, 0.4) is 0 Å². The topological polar surface area (TPSA) is 156 Å². The van der Waals surface area contributed by atoms with Gasteiger partial charge in [0, 0.05) is 31.6 Å². The number of benzene rings is 3. The summed E-state index contributed by atoms with van der Waals surface area (Å²) in [6, 6.07) is 21.1. The van der Waals surface area contributed by atoms with Crippen LogP contribution in [-0.4, -0.2) is 54.1 Å². The van der Waals surface area contributed by atoms with Gasteiger partial charge in [0.2, 0.25) is 0 Å². The molecule has 238 valence electrons. The first-order valence-electron chi connectivity index (χ1n) is 14.7.